The minimum atomic E-state index is -0.165. The van der Waals surface area contributed by atoms with Gasteiger partial charge in [-0.1, -0.05) is 17.7 Å². The maximum absolute atomic E-state index is 12.2. The van der Waals surface area contributed by atoms with Gasteiger partial charge in [-0.3, -0.25) is 4.79 Å². The zero-order chi connectivity index (χ0) is 13.3. The first-order valence-electron chi connectivity index (χ1n) is 6.56. The lowest BCUT2D eigenvalue weighted by atomic mass is 9.77. The minimum absolute atomic E-state index is 0. The number of nitrogens with two attached hydrogens (primary N) is 1. The van der Waals surface area contributed by atoms with E-state index in [2.05, 4.69) is 5.32 Å². The average Bonchev–Trinajstić information content (AvgIpc) is 2.22. The number of hydrogen-bond acceptors (Lipinski definition) is 2. The van der Waals surface area contributed by atoms with Crippen molar-refractivity contribution >= 4 is 18.3 Å². The van der Waals surface area contributed by atoms with Crippen LogP contribution in [0.25, 0.3) is 0 Å². The molecule has 0 heterocycles. The molecule has 2 rings (SSSR count). The Morgan fingerprint density at radius 2 is 1.79 bits per heavy atom. The van der Waals surface area contributed by atoms with E-state index >= 15 is 0 Å². The van der Waals surface area contributed by atoms with Crippen molar-refractivity contribution < 1.29 is 4.79 Å². The monoisotopic (exact) mass is 282 g/mol. The van der Waals surface area contributed by atoms with Gasteiger partial charge < -0.3 is 11.1 Å². The average molecular weight is 283 g/mol. The third-order valence-electron chi connectivity index (χ3n) is 3.85. The topological polar surface area (TPSA) is 55.1 Å². The molecule has 0 spiro atoms. The second kappa shape index (κ2) is 5.93. The van der Waals surface area contributed by atoms with Crippen LogP contribution in [0.4, 0.5) is 0 Å². The van der Waals surface area contributed by atoms with Gasteiger partial charge in [0.05, 0.1) is 0 Å². The van der Waals surface area contributed by atoms with Crippen LogP contribution in [0.2, 0.25) is 0 Å². The summed E-state index contributed by atoms with van der Waals surface area (Å²) in [6.45, 7) is 6.59. The summed E-state index contributed by atoms with van der Waals surface area (Å²) in [6, 6.07) is 4.09. The van der Waals surface area contributed by atoms with Gasteiger partial charge in [0.15, 0.2) is 0 Å². The summed E-state index contributed by atoms with van der Waals surface area (Å²) in [4.78, 5) is 12.2. The van der Waals surface area contributed by atoms with E-state index in [-0.39, 0.29) is 23.9 Å². The third kappa shape index (κ3) is 3.48. The quantitative estimate of drug-likeness (QED) is 0.895. The van der Waals surface area contributed by atoms with Crippen LogP contribution in [-0.2, 0) is 0 Å². The van der Waals surface area contributed by atoms with Crippen molar-refractivity contribution in [3.63, 3.8) is 0 Å². The lowest BCUT2D eigenvalue weighted by molar-refractivity contribution is 0.0928. The highest BCUT2D eigenvalue weighted by Gasteiger charge is 2.32. The van der Waals surface area contributed by atoms with Gasteiger partial charge in [0.1, 0.15) is 0 Å². The van der Waals surface area contributed by atoms with E-state index in [0.717, 1.165) is 29.5 Å². The van der Waals surface area contributed by atoms with Crippen molar-refractivity contribution in [3.8, 4) is 0 Å². The Morgan fingerprint density at radius 3 is 2.21 bits per heavy atom. The number of carbonyl (C=O) groups is 1. The number of amides is 1. The first kappa shape index (κ1) is 16.0. The van der Waals surface area contributed by atoms with E-state index in [0.29, 0.717) is 6.54 Å². The summed E-state index contributed by atoms with van der Waals surface area (Å²) in [6.07, 6.45) is 3.20. The van der Waals surface area contributed by atoms with Crippen molar-refractivity contribution in [2.75, 3.05) is 6.54 Å². The van der Waals surface area contributed by atoms with Crippen LogP contribution in [0, 0.1) is 20.8 Å². The second-order valence-electron chi connectivity index (χ2n) is 5.67. The minimum Gasteiger partial charge on any atom is -0.350 e. The fourth-order valence-corrected chi connectivity index (χ4v) is 2.69. The molecular weight excluding hydrogens is 260 g/mol. The van der Waals surface area contributed by atoms with Crippen LogP contribution in [0.5, 0.6) is 0 Å². The molecule has 0 unspecified atom stereocenters. The van der Waals surface area contributed by atoms with Gasteiger partial charge in [-0.05, 0) is 51.2 Å². The molecule has 1 fully saturated rings. The number of halogens is 1. The van der Waals surface area contributed by atoms with Crippen molar-refractivity contribution in [2.24, 2.45) is 5.73 Å². The first-order chi connectivity index (χ1) is 8.41. The molecule has 1 aromatic carbocycles. The van der Waals surface area contributed by atoms with Gasteiger partial charge in [-0.25, -0.2) is 0 Å². The van der Waals surface area contributed by atoms with Crippen LogP contribution < -0.4 is 11.1 Å². The maximum atomic E-state index is 12.2. The van der Waals surface area contributed by atoms with E-state index in [4.69, 9.17) is 5.73 Å². The Morgan fingerprint density at radius 1 is 1.26 bits per heavy atom. The van der Waals surface area contributed by atoms with Crippen LogP contribution in [-0.4, -0.2) is 18.0 Å². The van der Waals surface area contributed by atoms with Crippen molar-refractivity contribution in [1.29, 1.82) is 0 Å². The summed E-state index contributed by atoms with van der Waals surface area (Å²) in [7, 11) is 0. The number of benzene rings is 1. The van der Waals surface area contributed by atoms with E-state index in [1.54, 1.807) is 0 Å². The summed E-state index contributed by atoms with van der Waals surface area (Å²) >= 11 is 0. The van der Waals surface area contributed by atoms with Crippen molar-refractivity contribution in [2.45, 2.75) is 45.6 Å². The fourth-order valence-electron chi connectivity index (χ4n) is 2.69. The molecule has 0 atom stereocenters. The Kier molecular flexibility index (Phi) is 4.99. The molecular formula is C15H23ClN2O. The van der Waals surface area contributed by atoms with Crippen LogP contribution >= 0.6 is 12.4 Å². The highest BCUT2D eigenvalue weighted by Crippen LogP contribution is 2.28. The molecule has 1 aromatic rings. The zero-order valence-corrected chi connectivity index (χ0v) is 12.7. The second-order valence-corrected chi connectivity index (χ2v) is 5.67. The van der Waals surface area contributed by atoms with Gasteiger partial charge in [-0.2, -0.15) is 0 Å². The normalized spacial score (nSPS) is 16.2. The van der Waals surface area contributed by atoms with Crippen molar-refractivity contribution in [1.82, 2.24) is 5.32 Å². The number of carbonyl (C=O) groups excluding carboxylic acids is 1. The molecule has 0 aromatic heterocycles. The SMILES string of the molecule is Cc1cc(C)c(C(=O)NCC2(N)CCC2)c(C)c1.Cl. The van der Waals surface area contributed by atoms with E-state index in [9.17, 15) is 4.79 Å². The summed E-state index contributed by atoms with van der Waals surface area (Å²) < 4.78 is 0. The predicted octanol–water partition coefficient (Wildman–Crippen LogP) is 2.64. The smallest absolute Gasteiger partial charge is 0.251 e. The molecule has 3 N–H and O–H groups in total. The van der Waals surface area contributed by atoms with Gasteiger partial charge in [-0.15, -0.1) is 12.4 Å². The van der Waals surface area contributed by atoms with Crippen LogP contribution in [0.15, 0.2) is 12.1 Å². The Bertz CT molecular complexity index is 458. The number of aryl methyl sites for hydroxylation is 3. The molecule has 19 heavy (non-hydrogen) atoms. The number of rotatable bonds is 3. The molecule has 106 valence electrons. The van der Waals surface area contributed by atoms with E-state index in [1.807, 2.05) is 32.9 Å². The Balaban J connectivity index is 0.00000180. The van der Waals surface area contributed by atoms with Crippen LogP contribution in [0.1, 0.15) is 46.3 Å². The summed E-state index contributed by atoms with van der Waals surface area (Å²) in [5, 5.41) is 2.98. The van der Waals surface area contributed by atoms with E-state index in [1.165, 1.54) is 12.0 Å². The highest BCUT2D eigenvalue weighted by atomic mass is 35.5. The molecule has 0 saturated heterocycles. The fraction of sp³-hybridized carbons (Fsp3) is 0.533. The molecule has 1 aliphatic rings. The summed E-state index contributed by atoms with van der Waals surface area (Å²) in [5.74, 6) is 0.00160. The summed E-state index contributed by atoms with van der Waals surface area (Å²) in [5.41, 5.74) is 10.00. The Hall–Kier alpha value is -1.06. The molecule has 1 aliphatic carbocycles. The van der Waals surface area contributed by atoms with Crippen molar-refractivity contribution in [3.05, 3.63) is 34.4 Å². The van der Waals surface area contributed by atoms with Crippen LogP contribution in [0.3, 0.4) is 0 Å². The Labute approximate surface area is 121 Å². The number of hydrogen-bond donors (Lipinski definition) is 2. The molecule has 0 aliphatic heterocycles. The highest BCUT2D eigenvalue weighted by molar-refractivity contribution is 5.97. The van der Waals surface area contributed by atoms with Gasteiger partial charge in [0, 0.05) is 17.6 Å². The van der Waals surface area contributed by atoms with E-state index < -0.39 is 0 Å². The predicted molar refractivity (Wildman–Crippen MR) is 81.0 cm³/mol. The van der Waals surface area contributed by atoms with Gasteiger partial charge in [0.25, 0.3) is 5.91 Å². The number of nitrogens with one attached hydrogen (secondary N) is 1. The molecule has 4 heteroatoms. The first-order valence-corrected chi connectivity index (χ1v) is 6.56. The molecule has 0 bridgehead atoms. The largest absolute Gasteiger partial charge is 0.350 e. The third-order valence-corrected chi connectivity index (χ3v) is 3.85. The van der Waals surface area contributed by atoms with Gasteiger partial charge in [0.2, 0.25) is 0 Å². The molecule has 1 amide bonds. The molecule has 1 saturated carbocycles. The molecule has 0 radical (unpaired) electrons. The molecule has 3 nitrogen and oxygen atoms in total. The standard InChI is InChI=1S/C15H22N2O.ClH/c1-10-7-11(2)13(12(3)8-10)14(18)17-9-15(16)5-4-6-15;/h7-8H,4-6,9,16H2,1-3H3,(H,17,18);1H. The zero-order valence-electron chi connectivity index (χ0n) is 11.9. The maximum Gasteiger partial charge on any atom is 0.251 e. The lowest BCUT2D eigenvalue weighted by Crippen LogP contribution is -2.55. The lowest BCUT2D eigenvalue weighted by Gasteiger charge is -2.38. The van der Waals surface area contributed by atoms with Gasteiger partial charge >= 0.3 is 0 Å².